The number of hydrogen-bond donors (Lipinski definition) is 0. The van der Waals surface area contributed by atoms with Gasteiger partial charge >= 0.3 is 0 Å². The average molecular weight is 306 g/mol. The molecule has 0 N–H and O–H groups in total. The van der Waals surface area contributed by atoms with Crippen molar-refractivity contribution in [2.75, 3.05) is 6.66 Å². The predicted octanol–water partition coefficient (Wildman–Crippen LogP) is 6.05. The Bertz CT molecular complexity index is 460. The molecule has 21 heavy (non-hydrogen) atoms. The molecule has 1 unspecified atom stereocenters. The third-order valence-electron chi connectivity index (χ3n) is 3.51. The Hall–Kier alpha value is -0.910. The molecule has 0 radical (unpaired) electrons. The minimum Gasteiger partial charge on any atom is -0.310 e. The lowest BCUT2D eigenvalue weighted by molar-refractivity contribution is 0.561. The van der Waals surface area contributed by atoms with Crippen LogP contribution >= 0.6 is 7.14 Å². The van der Waals surface area contributed by atoms with Gasteiger partial charge in [0.25, 0.3) is 0 Å². The van der Waals surface area contributed by atoms with Gasteiger partial charge in [0.2, 0.25) is 0 Å². The number of rotatable bonds is 7. The molecule has 0 heterocycles. The summed E-state index contributed by atoms with van der Waals surface area (Å²) >= 11 is 0. The zero-order chi connectivity index (χ0) is 16.2. The summed E-state index contributed by atoms with van der Waals surface area (Å²) in [7, 11) is -2.35. The van der Waals surface area contributed by atoms with E-state index in [1.54, 1.807) is 6.66 Å². The quantitative estimate of drug-likeness (QED) is 0.242. The largest absolute Gasteiger partial charge is 0.310 e. The first-order valence-electron chi connectivity index (χ1n) is 7.95. The molecule has 0 aromatic carbocycles. The summed E-state index contributed by atoms with van der Waals surface area (Å²) in [6.45, 7) is 11.5. The first-order valence-corrected chi connectivity index (χ1v) is 10.1. The van der Waals surface area contributed by atoms with E-state index >= 15 is 0 Å². The molecule has 0 saturated carbocycles. The summed E-state index contributed by atoms with van der Waals surface area (Å²) in [5.41, 5.74) is 2.99. The SMILES string of the molecule is C=CCCCCC#CCCCCC#CP(C)(=O)C(C)(C)C. The second-order valence-corrected chi connectivity index (χ2v) is 9.89. The lowest BCUT2D eigenvalue weighted by atomic mass is 10.1. The van der Waals surface area contributed by atoms with E-state index in [0.717, 1.165) is 38.5 Å². The van der Waals surface area contributed by atoms with Gasteiger partial charge in [0.05, 0.1) is 0 Å². The Labute approximate surface area is 132 Å². The van der Waals surface area contributed by atoms with Gasteiger partial charge in [0.1, 0.15) is 0 Å². The first kappa shape index (κ1) is 20.1. The second kappa shape index (κ2) is 10.8. The second-order valence-electron chi connectivity index (χ2n) is 6.48. The molecule has 0 aliphatic carbocycles. The molecule has 0 fully saturated rings. The van der Waals surface area contributed by atoms with Crippen LogP contribution in [0.25, 0.3) is 0 Å². The summed E-state index contributed by atoms with van der Waals surface area (Å²) in [5.74, 6) is 9.52. The van der Waals surface area contributed by atoms with Crippen LogP contribution < -0.4 is 0 Å². The Kier molecular flexibility index (Phi) is 10.3. The van der Waals surface area contributed by atoms with Crippen LogP contribution in [0, 0.1) is 23.4 Å². The average Bonchev–Trinajstić information content (AvgIpc) is 2.38. The lowest BCUT2D eigenvalue weighted by Crippen LogP contribution is -2.12. The van der Waals surface area contributed by atoms with E-state index in [1.807, 2.05) is 26.8 Å². The van der Waals surface area contributed by atoms with E-state index in [0.29, 0.717) is 0 Å². The summed E-state index contributed by atoms with van der Waals surface area (Å²) < 4.78 is 12.3. The molecular formula is C19H31OP. The standard InChI is InChI=1S/C19H31OP/c1-6-7-8-9-10-11-12-13-14-15-16-17-18-21(5,20)19(2,3)4/h6H,1,7-10,13-16H2,2-5H3. The summed E-state index contributed by atoms with van der Waals surface area (Å²) in [6.07, 6.45) is 10.3. The van der Waals surface area contributed by atoms with Crippen molar-refractivity contribution in [2.24, 2.45) is 0 Å². The van der Waals surface area contributed by atoms with Crippen LogP contribution in [0.4, 0.5) is 0 Å². The molecule has 0 spiro atoms. The molecule has 1 atom stereocenters. The minimum atomic E-state index is -2.35. The zero-order valence-corrected chi connectivity index (χ0v) is 15.2. The van der Waals surface area contributed by atoms with E-state index < -0.39 is 7.14 Å². The molecule has 0 amide bonds. The molecule has 0 bridgehead atoms. The molecule has 0 saturated heterocycles. The highest BCUT2D eigenvalue weighted by Crippen LogP contribution is 2.53. The van der Waals surface area contributed by atoms with Gasteiger partial charge in [0, 0.05) is 31.1 Å². The van der Waals surface area contributed by atoms with Gasteiger partial charge in [0.15, 0.2) is 7.14 Å². The topological polar surface area (TPSA) is 17.1 Å². The minimum absolute atomic E-state index is 0.211. The fourth-order valence-electron chi connectivity index (χ4n) is 1.48. The van der Waals surface area contributed by atoms with Crippen molar-refractivity contribution in [2.45, 2.75) is 77.3 Å². The molecule has 118 valence electrons. The Morgan fingerprint density at radius 1 is 0.952 bits per heavy atom. The summed E-state index contributed by atoms with van der Waals surface area (Å²) in [4.78, 5) is 0. The molecular weight excluding hydrogens is 275 g/mol. The van der Waals surface area contributed by atoms with Crippen molar-refractivity contribution in [1.29, 1.82) is 0 Å². The predicted molar refractivity (Wildman–Crippen MR) is 96.0 cm³/mol. The molecule has 0 aromatic rings. The smallest absolute Gasteiger partial charge is 0.156 e. The van der Waals surface area contributed by atoms with Crippen molar-refractivity contribution in [3.63, 3.8) is 0 Å². The lowest BCUT2D eigenvalue weighted by Gasteiger charge is -2.22. The van der Waals surface area contributed by atoms with Gasteiger partial charge < -0.3 is 4.57 Å². The number of hydrogen-bond acceptors (Lipinski definition) is 1. The molecule has 1 nitrogen and oxygen atoms in total. The molecule has 0 aliphatic rings. The van der Waals surface area contributed by atoms with Gasteiger partial charge in [-0.05, 0) is 37.8 Å². The van der Waals surface area contributed by atoms with E-state index in [4.69, 9.17) is 0 Å². The molecule has 2 heteroatoms. The van der Waals surface area contributed by atoms with E-state index in [2.05, 4.69) is 30.0 Å². The van der Waals surface area contributed by atoms with Crippen LogP contribution in [0.5, 0.6) is 0 Å². The zero-order valence-electron chi connectivity index (χ0n) is 14.3. The van der Waals surface area contributed by atoms with Gasteiger partial charge in [-0.15, -0.1) is 18.4 Å². The molecule has 0 aliphatic heterocycles. The van der Waals surface area contributed by atoms with E-state index in [-0.39, 0.29) is 5.16 Å². The maximum atomic E-state index is 12.3. The summed E-state index contributed by atoms with van der Waals surface area (Å²) in [6, 6.07) is 0. The van der Waals surface area contributed by atoms with Gasteiger partial charge in [-0.25, -0.2) is 0 Å². The molecule has 0 aromatic heterocycles. The monoisotopic (exact) mass is 306 g/mol. The van der Waals surface area contributed by atoms with Gasteiger partial charge in [-0.1, -0.05) is 32.8 Å². The molecule has 0 rings (SSSR count). The van der Waals surface area contributed by atoms with Crippen molar-refractivity contribution < 1.29 is 4.57 Å². The van der Waals surface area contributed by atoms with Crippen LogP contribution in [0.1, 0.15) is 72.1 Å². The van der Waals surface area contributed by atoms with Crippen molar-refractivity contribution >= 4 is 7.14 Å². The maximum absolute atomic E-state index is 12.3. The third kappa shape index (κ3) is 10.5. The normalized spacial score (nSPS) is 13.3. The number of unbranched alkanes of at least 4 members (excludes halogenated alkanes) is 6. The van der Waals surface area contributed by atoms with Gasteiger partial charge in [-0.2, -0.15) is 0 Å². The Balaban J connectivity index is 3.73. The highest BCUT2D eigenvalue weighted by Gasteiger charge is 2.29. The van der Waals surface area contributed by atoms with Crippen LogP contribution in [0.2, 0.25) is 0 Å². The van der Waals surface area contributed by atoms with Crippen molar-refractivity contribution in [1.82, 2.24) is 0 Å². The van der Waals surface area contributed by atoms with Crippen molar-refractivity contribution in [3.05, 3.63) is 12.7 Å². The highest BCUT2D eigenvalue weighted by molar-refractivity contribution is 7.69. The summed E-state index contributed by atoms with van der Waals surface area (Å²) in [5, 5.41) is -0.211. The van der Waals surface area contributed by atoms with Crippen LogP contribution in [0.3, 0.4) is 0 Å². The van der Waals surface area contributed by atoms with Crippen molar-refractivity contribution in [3.8, 4) is 23.4 Å². The fourth-order valence-corrected chi connectivity index (χ4v) is 2.23. The van der Waals surface area contributed by atoms with E-state index in [1.165, 1.54) is 12.8 Å². The van der Waals surface area contributed by atoms with Crippen LogP contribution in [-0.2, 0) is 4.57 Å². The van der Waals surface area contributed by atoms with Crippen LogP contribution in [0.15, 0.2) is 12.7 Å². The van der Waals surface area contributed by atoms with E-state index in [9.17, 15) is 4.57 Å². The Morgan fingerprint density at radius 2 is 1.43 bits per heavy atom. The fraction of sp³-hybridized carbons (Fsp3) is 0.684. The maximum Gasteiger partial charge on any atom is 0.156 e. The Morgan fingerprint density at radius 3 is 1.90 bits per heavy atom. The third-order valence-corrected chi connectivity index (χ3v) is 6.66. The van der Waals surface area contributed by atoms with Crippen LogP contribution in [-0.4, -0.2) is 11.8 Å². The number of allylic oxidation sites excluding steroid dienone is 1. The van der Waals surface area contributed by atoms with Gasteiger partial charge in [-0.3, -0.25) is 0 Å². The highest BCUT2D eigenvalue weighted by atomic mass is 31.2. The first-order chi connectivity index (χ1) is 9.81.